The summed E-state index contributed by atoms with van der Waals surface area (Å²) < 4.78 is 2.18. The highest BCUT2D eigenvalue weighted by Crippen LogP contribution is 2.26. The Hall–Kier alpha value is -2.50. The summed E-state index contributed by atoms with van der Waals surface area (Å²) in [6.45, 7) is 8.22. The van der Waals surface area contributed by atoms with Gasteiger partial charge in [0.25, 0.3) is 0 Å². The van der Waals surface area contributed by atoms with E-state index < -0.39 is 0 Å². The standard InChI is InChI=1S/C22H23ClN4O/c1-2-16-6-7-17-18(22(28)19-13-21(23)25-15-24-19)14-27(20(17)12-16)11-5-10-26-8-3-4-9-26/h2,6-7,12-15H,1,3-5,8-11H2. The van der Waals surface area contributed by atoms with Crippen LogP contribution in [0.4, 0.5) is 0 Å². The number of hydrogen-bond acceptors (Lipinski definition) is 4. The Labute approximate surface area is 169 Å². The van der Waals surface area contributed by atoms with Gasteiger partial charge >= 0.3 is 0 Å². The van der Waals surface area contributed by atoms with Crippen molar-refractivity contribution in [3.63, 3.8) is 0 Å². The van der Waals surface area contributed by atoms with Crippen LogP contribution in [0.1, 0.15) is 40.9 Å². The van der Waals surface area contributed by atoms with Crippen molar-refractivity contribution in [1.29, 1.82) is 0 Å². The van der Waals surface area contributed by atoms with E-state index in [2.05, 4.69) is 32.1 Å². The normalized spacial score (nSPS) is 14.6. The molecule has 2 aromatic heterocycles. The van der Waals surface area contributed by atoms with E-state index >= 15 is 0 Å². The van der Waals surface area contributed by atoms with Crippen molar-refractivity contribution in [1.82, 2.24) is 19.4 Å². The first-order valence-corrected chi connectivity index (χ1v) is 10.0. The smallest absolute Gasteiger partial charge is 0.213 e. The monoisotopic (exact) mass is 394 g/mol. The number of ketones is 1. The molecule has 0 spiro atoms. The van der Waals surface area contributed by atoms with Gasteiger partial charge in [-0.1, -0.05) is 36.4 Å². The molecule has 1 fully saturated rings. The zero-order valence-electron chi connectivity index (χ0n) is 15.8. The number of likely N-dealkylation sites (tertiary alicyclic amines) is 1. The zero-order chi connectivity index (χ0) is 19.5. The van der Waals surface area contributed by atoms with Crippen LogP contribution < -0.4 is 0 Å². The number of aryl methyl sites for hydroxylation is 1. The zero-order valence-corrected chi connectivity index (χ0v) is 16.5. The summed E-state index contributed by atoms with van der Waals surface area (Å²) in [5.74, 6) is -0.140. The summed E-state index contributed by atoms with van der Waals surface area (Å²) in [6, 6.07) is 7.56. The predicted molar refractivity (Wildman–Crippen MR) is 113 cm³/mol. The molecule has 1 saturated heterocycles. The second-order valence-corrected chi connectivity index (χ2v) is 7.56. The van der Waals surface area contributed by atoms with Gasteiger partial charge in [0.1, 0.15) is 17.2 Å². The van der Waals surface area contributed by atoms with E-state index in [-0.39, 0.29) is 10.9 Å². The van der Waals surface area contributed by atoms with Crippen molar-refractivity contribution in [3.05, 3.63) is 65.3 Å². The molecule has 1 aromatic carbocycles. The topological polar surface area (TPSA) is 51.0 Å². The molecule has 0 amide bonds. The van der Waals surface area contributed by atoms with Gasteiger partial charge in [-0.05, 0) is 50.5 Å². The average molecular weight is 395 g/mol. The van der Waals surface area contributed by atoms with Crippen LogP contribution in [0.3, 0.4) is 0 Å². The quantitative estimate of drug-likeness (QED) is 0.439. The Morgan fingerprint density at radius 2 is 2.00 bits per heavy atom. The SMILES string of the molecule is C=Cc1ccc2c(C(=O)c3cc(Cl)ncn3)cn(CCCN3CCCC3)c2c1. The average Bonchev–Trinajstić information content (AvgIpc) is 3.35. The minimum absolute atomic E-state index is 0.140. The molecule has 1 aliphatic heterocycles. The summed E-state index contributed by atoms with van der Waals surface area (Å²) in [5, 5.41) is 1.19. The summed E-state index contributed by atoms with van der Waals surface area (Å²) in [6.07, 6.45) is 8.74. The van der Waals surface area contributed by atoms with Gasteiger partial charge in [-0.25, -0.2) is 9.97 Å². The van der Waals surface area contributed by atoms with Gasteiger partial charge in [-0.2, -0.15) is 0 Å². The van der Waals surface area contributed by atoms with Gasteiger partial charge < -0.3 is 9.47 Å². The third-order valence-electron chi connectivity index (χ3n) is 5.33. The number of halogens is 1. The van der Waals surface area contributed by atoms with Gasteiger partial charge in [0.05, 0.1) is 0 Å². The van der Waals surface area contributed by atoms with E-state index in [1.807, 2.05) is 24.4 Å². The molecule has 0 radical (unpaired) electrons. The van der Waals surface area contributed by atoms with Crippen molar-refractivity contribution in [2.75, 3.05) is 19.6 Å². The Morgan fingerprint density at radius 3 is 2.75 bits per heavy atom. The van der Waals surface area contributed by atoms with Crippen LogP contribution in [0, 0.1) is 0 Å². The number of rotatable bonds is 7. The number of carbonyl (C=O) groups excluding carboxylic acids is 1. The Morgan fingerprint density at radius 1 is 1.18 bits per heavy atom. The van der Waals surface area contributed by atoms with Crippen LogP contribution in [0.25, 0.3) is 17.0 Å². The minimum Gasteiger partial charge on any atom is -0.347 e. The summed E-state index contributed by atoms with van der Waals surface area (Å²) >= 11 is 5.95. The molecular formula is C22H23ClN4O. The molecule has 5 nitrogen and oxygen atoms in total. The predicted octanol–water partition coefficient (Wildman–Crippen LogP) is 4.44. The van der Waals surface area contributed by atoms with Gasteiger partial charge in [0, 0.05) is 35.3 Å². The van der Waals surface area contributed by atoms with Crippen LogP contribution >= 0.6 is 11.6 Å². The molecule has 144 valence electrons. The summed E-state index contributed by atoms with van der Waals surface area (Å²) in [7, 11) is 0. The minimum atomic E-state index is -0.140. The lowest BCUT2D eigenvalue weighted by Gasteiger charge is -2.14. The molecule has 28 heavy (non-hydrogen) atoms. The van der Waals surface area contributed by atoms with Crippen LogP contribution in [-0.4, -0.2) is 44.9 Å². The molecular weight excluding hydrogens is 372 g/mol. The molecule has 0 atom stereocenters. The maximum absolute atomic E-state index is 13.1. The molecule has 3 heterocycles. The number of aromatic nitrogens is 3. The van der Waals surface area contributed by atoms with Crippen LogP contribution in [-0.2, 0) is 6.54 Å². The van der Waals surface area contributed by atoms with Gasteiger partial charge in [0.15, 0.2) is 0 Å². The third kappa shape index (κ3) is 3.86. The lowest BCUT2D eigenvalue weighted by atomic mass is 10.1. The number of carbonyl (C=O) groups is 1. The molecule has 4 rings (SSSR count). The van der Waals surface area contributed by atoms with Crippen molar-refractivity contribution in [2.24, 2.45) is 0 Å². The first-order valence-electron chi connectivity index (χ1n) is 9.65. The summed E-state index contributed by atoms with van der Waals surface area (Å²) in [4.78, 5) is 23.6. The largest absolute Gasteiger partial charge is 0.347 e. The molecule has 0 aliphatic carbocycles. The van der Waals surface area contributed by atoms with E-state index in [0.29, 0.717) is 11.3 Å². The maximum Gasteiger partial charge on any atom is 0.213 e. The Balaban J connectivity index is 1.66. The Kier molecular flexibility index (Phi) is 5.55. The Bertz CT molecular complexity index is 1020. The second kappa shape index (κ2) is 8.25. The van der Waals surface area contributed by atoms with Crippen molar-refractivity contribution >= 4 is 34.4 Å². The van der Waals surface area contributed by atoms with Crippen molar-refractivity contribution in [2.45, 2.75) is 25.8 Å². The highest BCUT2D eigenvalue weighted by atomic mass is 35.5. The fourth-order valence-electron chi connectivity index (χ4n) is 3.87. The van der Waals surface area contributed by atoms with Crippen LogP contribution in [0.2, 0.25) is 5.15 Å². The van der Waals surface area contributed by atoms with Crippen LogP contribution in [0.5, 0.6) is 0 Å². The van der Waals surface area contributed by atoms with Crippen molar-refractivity contribution in [3.8, 4) is 0 Å². The molecule has 0 unspecified atom stereocenters. The highest BCUT2D eigenvalue weighted by molar-refractivity contribution is 6.30. The van der Waals surface area contributed by atoms with E-state index in [0.717, 1.165) is 36.0 Å². The number of nitrogens with zero attached hydrogens (tertiary/aromatic N) is 4. The van der Waals surface area contributed by atoms with Gasteiger partial charge in [-0.15, -0.1) is 0 Å². The first-order chi connectivity index (χ1) is 13.7. The highest BCUT2D eigenvalue weighted by Gasteiger charge is 2.19. The lowest BCUT2D eigenvalue weighted by Crippen LogP contribution is -2.21. The summed E-state index contributed by atoms with van der Waals surface area (Å²) in [5.41, 5.74) is 3.03. The molecule has 0 bridgehead atoms. The fourth-order valence-corrected chi connectivity index (χ4v) is 4.02. The maximum atomic E-state index is 13.1. The van der Waals surface area contributed by atoms with Crippen LogP contribution in [0.15, 0.2) is 43.4 Å². The lowest BCUT2D eigenvalue weighted by molar-refractivity contribution is 0.103. The number of fused-ring (bicyclic) bond motifs is 1. The molecule has 1 aliphatic rings. The molecule has 0 saturated carbocycles. The van der Waals surface area contributed by atoms with E-state index in [9.17, 15) is 4.79 Å². The van der Waals surface area contributed by atoms with E-state index in [1.165, 1.54) is 38.3 Å². The number of hydrogen-bond donors (Lipinski definition) is 0. The first kappa shape index (κ1) is 18.8. The third-order valence-corrected chi connectivity index (χ3v) is 5.53. The molecule has 0 N–H and O–H groups in total. The van der Waals surface area contributed by atoms with Gasteiger partial charge in [0.2, 0.25) is 5.78 Å². The fraction of sp³-hybridized carbons (Fsp3) is 0.318. The van der Waals surface area contributed by atoms with E-state index in [1.54, 1.807) is 0 Å². The molecule has 6 heteroatoms. The molecule has 3 aromatic rings. The van der Waals surface area contributed by atoms with Gasteiger partial charge in [-0.3, -0.25) is 4.79 Å². The second-order valence-electron chi connectivity index (χ2n) is 7.17. The number of benzene rings is 1. The van der Waals surface area contributed by atoms with E-state index in [4.69, 9.17) is 11.6 Å². The van der Waals surface area contributed by atoms with Crippen molar-refractivity contribution < 1.29 is 4.79 Å².